The molecule has 2 amide bonds. The van der Waals surface area contributed by atoms with E-state index in [0.29, 0.717) is 108 Å². The van der Waals surface area contributed by atoms with Crippen molar-refractivity contribution in [2.45, 2.75) is 275 Å². The van der Waals surface area contributed by atoms with E-state index in [2.05, 4.69) is 105 Å². The average molecular weight is 1300 g/mol. The number of aromatic nitrogens is 3. The van der Waals surface area contributed by atoms with Gasteiger partial charge in [0.25, 0.3) is 0 Å². The number of rotatable bonds is 60. The molecule has 1 aromatic carbocycles. The first-order chi connectivity index (χ1) is 43.8. The minimum absolute atomic E-state index is 0.0742. The first-order valence-electron chi connectivity index (χ1n) is 37.3. The molecule has 0 aliphatic rings. The number of nitrogen functional groups attached to an aromatic ring is 1. The monoisotopic (exact) mass is 1300 g/mol. The van der Waals surface area contributed by atoms with Gasteiger partial charge in [0, 0.05) is 12.0 Å². The molecule has 0 aliphatic heterocycles. The van der Waals surface area contributed by atoms with Crippen LogP contribution in [0, 0.1) is 47.3 Å². The van der Waals surface area contributed by atoms with Crippen molar-refractivity contribution in [1.29, 1.82) is 0 Å². The number of hydrogen-bond donors (Lipinski definition) is 8. The first-order valence-corrected chi connectivity index (χ1v) is 39.3. The number of nitrogens with zero attached hydrogens (tertiary/aromatic N) is 3. The Labute approximate surface area is 556 Å². The molecule has 0 fully saturated rings. The number of hydrogen-bond acceptors (Lipinski definition) is 13. The number of para-hydroxylation sites is 1. The van der Waals surface area contributed by atoms with Crippen molar-refractivity contribution in [3.8, 4) is 0 Å². The van der Waals surface area contributed by atoms with Gasteiger partial charge in [0.15, 0.2) is 5.82 Å². The van der Waals surface area contributed by atoms with Crippen LogP contribution in [0.15, 0.2) is 24.3 Å². The van der Waals surface area contributed by atoms with Gasteiger partial charge in [-0.1, -0.05) is 98.3 Å². The van der Waals surface area contributed by atoms with Crippen molar-refractivity contribution in [2.24, 2.45) is 53.1 Å². The number of unbranched alkanes of at least 4 members (excludes halogenated alkanes) is 1. The van der Waals surface area contributed by atoms with Gasteiger partial charge in [-0.3, -0.25) is 0 Å². The number of carbonyl (C=O) groups is 2. The van der Waals surface area contributed by atoms with Crippen LogP contribution in [0.3, 0.4) is 0 Å². The summed E-state index contributed by atoms with van der Waals surface area (Å²) in [5, 5.41) is 17.7. The SMILES string of the molecule is CCOCc1nc2c(N)nc3ccccc3c2n1CCCNC(=O)[C@H](CCC(=O)NCCCNCCCCNCCCN)NCCC[PH](O)(OCCC(C)CCCC(C)CCCC(C)CCCC(C)C)OCCC(C)CCCC(C)CCCC(C)CCCC(C)C. The number of imidazole rings is 1. The molecule has 91 heavy (non-hydrogen) atoms. The number of carbonyl (C=O) groups excluding carboxylic acids is 2. The summed E-state index contributed by atoms with van der Waals surface area (Å²) in [4.78, 5) is 49.4. The van der Waals surface area contributed by atoms with E-state index >= 15 is 0 Å². The molecule has 17 heteroatoms. The topological polar surface area (TPSA) is 225 Å². The van der Waals surface area contributed by atoms with Gasteiger partial charge in [0.1, 0.15) is 12.1 Å². The minimum Gasteiger partial charge on any atom is -0.0628 e. The Kier molecular flexibility index (Phi) is 45.5. The van der Waals surface area contributed by atoms with E-state index in [1.807, 2.05) is 31.2 Å². The Hall–Kier alpha value is -3.05. The fourth-order valence-corrected chi connectivity index (χ4v) is 14.5. The Morgan fingerprint density at radius 3 is 1.56 bits per heavy atom. The van der Waals surface area contributed by atoms with Crippen LogP contribution in [-0.2, 0) is 36.5 Å². The summed E-state index contributed by atoms with van der Waals surface area (Å²) in [6.45, 7) is 33.9. The minimum atomic E-state index is -3.58. The van der Waals surface area contributed by atoms with Crippen LogP contribution in [-0.4, -0.2) is 116 Å². The summed E-state index contributed by atoms with van der Waals surface area (Å²) in [6.07, 6.45) is 31.3. The van der Waals surface area contributed by atoms with Crippen LogP contribution in [0.2, 0.25) is 0 Å². The summed E-state index contributed by atoms with van der Waals surface area (Å²) < 4.78 is 21.0. The molecule has 3 rings (SSSR count). The maximum atomic E-state index is 14.2. The molecule has 528 valence electrons. The van der Waals surface area contributed by atoms with Gasteiger partial charge < -0.3 is 26.8 Å². The summed E-state index contributed by atoms with van der Waals surface area (Å²) in [5.41, 5.74) is 14.4. The van der Waals surface area contributed by atoms with E-state index in [9.17, 15) is 14.5 Å². The van der Waals surface area contributed by atoms with Gasteiger partial charge in [-0.25, -0.2) is 9.97 Å². The smallest absolute Gasteiger partial charge is 0.0628 e. The standard InChI is InChI=1S/C74H141N10O6P/c1-12-88-57-69-83-71-72(66-39-13-14-40-67(66)82-73(71)76)84(69)53-25-51-81-74(86)68(41-42-70(85)80-50-24-49-78-47-16-15-46-77-48-23-45-75)79-52-26-56-91(87,89-54-43-64(10)37-21-35-62(8)33-19-31-60(6)29-17-27-58(2)3)90-55-44-65(11)38-22-36-63(9)34-20-32-61(7)30-18-28-59(4)5/h13-14,39-40,58-65,68,77-79,87,91H,12,15-38,41-57,75H2,1-11H3,(H2,76,82)(H,80,85)(H,81,86)/t60?,61?,62?,63?,64?,65?,68-/m0/s1. The van der Waals surface area contributed by atoms with Crippen molar-refractivity contribution < 1.29 is 28.3 Å². The molecule has 6 unspecified atom stereocenters. The molecule has 0 bridgehead atoms. The maximum absolute atomic E-state index is 14.2. The second-order valence-electron chi connectivity index (χ2n) is 28.9. The van der Waals surface area contributed by atoms with Gasteiger partial charge in [-0.15, -0.1) is 0 Å². The van der Waals surface area contributed by atoms with Crippen LogP contribution in [0.25, 0.3) is 21.9 Å². The fourth-order valence-electron chi connectivity index (χ4n) is 12.6. The third kappa shape index (κ3) is 38.3. The van der Waals surface area contributed by atoms with E-state index in [-0.39, 0.29) is 18.2 Å². The number of amides is 2. The number of aryl methyl sites for hydroxylation is 1. The van der Waals surface area contributed by atoms with Crippen molar-refractivity contribution in [2.75, 3.05) is 84.1 Å². The second kappa shape index (κ2) is 50.3. The van der Waals surface area contributed by atoms with Gasteiger partial charge >= 0.3 is 318 Å². The van der Waals surface area contributed by atoms with E-state index in [1.54, 1.807) is 0 Å². The Bertz CT molecular complexity index is 2260. The van der Waals surface area contributed by atoms with Crippen LogP contribution in [0.1, 0.15) is 262 Å². The van der Waals surface area contributed by atoms with E-state index in [1.165, 1.54) is 103 Å². The summed E-state index contributed by atoms with van der Waals surface area (Å²) >= 11 is 0. The third-order valence-corrected chi connectivity index (χ3v) is 21.1. The zero-order valence-corrected chi connectivity index (χ0v) is 61.2. The Morgan fingerprint density at radius 2 is 1.04 bits per heavy atom. The van der Waals surface area contributed by atoms with Crippen LogP contribution >= 0.6 is 7.94 Å². The molecule has 0 saturated heterocycles. The number of nitrogens with two attached hydrogens (primary N) is 2. The van der Waals surface area contributed by atoms with Crippen LogP contribution in [0.5, 0.6) is 0 Å². The van der Waals surface area contributed by atoms with Gasteiger partial charge in [0.05, 0.1) is 5.52 Å². The van der Waals surface area contributed by atoms with E-state index in [4.69, 9.17) is 30.2 Å². The Balaban J connectivity index is 1.63. The Morgan fingerprint density at radius 1 is 0.560 bits per heavy atom. The number of fused-ring (bicyclic) bond motifs is 3. The van der Waals surface area contributed by atoms with Crippen LogP contribution < -0.4 is 38.1 Å². The van der Waals surface area contributed by atoms with Crippen molar-refractivity contribution >= 4 is 47.5 Å². The fraction of sp³-hybridized carbons (Fsp3) is 0.838. The number of pyridine rings is 1. The number of nitrogens with one attached hydrogen (secondary N) is 5. The zero-order valence-electron chi connectivity index (χ0n) is 60.2. The molecule has 0 radical (unpaired) electrons. The average Bonchev–Trinajstić information content (AvgIpc) is 1.64. The van der Waals surface area contributed by atoms with Crippen molar-refractivity contribution in [1.82, 2.24) is 41.1 Å². The second-order valence-corrected chi connectivity index (χ2v) is 31.4. The zero-order chi connectivity index (χ0) is 66.5. The van der Waals surface area contributed by atoms with Gasteiger partial charge in [0.2, 0.25) is 0 Å². The molecule has 3 aromatic rings. The molecular formula is C74H141N10O6P. The van der Waals surface area contributed by atoms with Crippen molar-refractivity contribution in [3.05, 3.63) is 30.1 Å². The molecule has 2 aromatic heterocycles. The number of anilines is 1. The van der Waals surface area contributed by atoms with E-state index < -0.39 is 14.0 Å². The quantitative estimate of drug-likeness (QED) is 0.0195. The van der Waals surface area contributed by atoms with Crippen LogP contribution in [0.4, 0.5) is 5.82 Å². The molecule has 0 aliphatic carbocycles. The van der Waals surface area contributed by atoms with Crippen molar-refractivity contribution in [3.63, 3.8) is 0 Å². The molecule has 16 nitrogen and oxygen atoms in total. The molecule has 0 spiro atoms. The summed E-state index contributed by atoms with van der Waals surface area (Å²) in [6, 6.07) is 7.32. The number of benzene rings is 1. The first kappa shape index (κ1) is 82.2. The summed E-state index contributed by atoms with van der Waals surface area (Å²) in [5.74, 6) is 6.62. The van der Waals surface area contributed by atoms with Gasteiger partial charge in [-0.2, -0.15) is 0 Å². The normalized spacial score (nSPS) is 14.8. The predicted molar refractivity (Wildman–Crippen MR) is 389 cm³/mol. The molecular weight excluding hydrogens is 1160 g/mol. The molecule has 2 heterocycles. The van der Waals surface area contributed by atoms with Gasteiger partial charge in [-0.05, 0) is 70.3 Å². The number of ether oxygens (including phenoxy) is 1. The molecule has 7 atom stereocenters. The third-order valence-electron chi connectivity index (χ3n) is 18.8. The predicted octanol–water partition coefficient (Wildman–Crippen LogP) is 15.6. The molecule has 0 saturated carbocycles. The van der Waals surface area contributed by atoms with E-state index in [0.717, 1.165) is 135 Å². The summed E-state index contributed by atoms with van der Waals surface area (Å²) in [7, 11) is -3.58. The molecule has 10 N–H and O–H groups in total.